The summed E-state index contributed by atoms with van der Waals surface area (Å²) in [7, 11) is 0. The minimum absolute atomic E-state index is 0.0882. The van der Waals surface area contributed by atoms with Gasteiger partial charge in [0.25, 0.3) is 5.91 Å². The van der Waals surface area contributed by atoms with Crippen molar-refractivity contribution < 1.29 is 9.63 Å². The Morgan fingerprint density at radius 1 is 1.27 bits per heavy atom. The molecule has 0 spiro atoms. The number of anilines is 1. The van der Waals surface area contributed by atoms with Gasteiger partial charge in [-0.15, -0.1) is 0 Å². The summed E-state index contributed by atoms with van der Waals surface area (Å²) in [6.07, 6.45) is 2.02. The predicted octanol–water partition coefficient (Wildman–Crippen LogP) is 1.44. The number of rotatable bonds is 1. The van der Waals surface area contributed by atoms with Gasteiger partial charge >= 0.3 is 0 Å². The van der Waals surface area contributed by atoms with Crippen molar-refractivity contribution >= 4 is 11.6 Å². The van der Waals surface area contributed by atoms with Gasteiger partial charge in [-0.05, 0) is 37.1 Å². The Labute approximate surface area is 88.6 Å². The molecule has 2 N–H and O–H groups in total. The maximum atomic E-state index is 11.9. The van der Waals surface area contributed by atoms with Crippen molar-refractivity contribution in [3.05, 3.63) is 29.8 Å². The second-order valence-electron chi connectivity index (χ2n) is 3.57. The van der Waals surface area contributed by atoms with E-state index in [4.69, 9.17) is 10.6 Å². The Balaban J connectivity index is 2.09. The number of amides is 1. The van der Waals surface area contributed by atoms with Gasteiger partial charge in [0.05, 0.1) is 6.61 Å². The van der Waals surface area contributed by atoms with E-state index in [-0.39, 0.29) is 5.91 Å². The van der Waals surface area contributed by atoms with E-state index in [9.17, 15) is 4.79 Å². The highest BCUT2D eigenvalue weighted by molar-refractivity contribution is 5.93. The third-order valence-electron chi connectivity index (χ3n) is 2.39. The van der Waals surface area contributed by atoms with E-state index in [1.165, 1.54) is 5.06 Å². The number of nitrogens with two attached hydrogens (primary N) is 1. The zero-order valence-electron chi connectivity index (χ0n) is 8.48. The van der Waals surface area contributed by atoms with Crippen LogP contribution in [0.15, 0.2) is 24.3 Å². The summed E-state index contributed by atoms with van der Waals surface area (Å²) in [6.45, 7) is 1.30. The second kappa shape index (κ2) is 4.31. The van der Waals surface area contributed by atoms with E-state index in [2.05, 4.69) is 0 Å². The summed E-state index contributed by atoms with van der Waals surface area (Å²) in [5, 5.41) is 1.43. The fourth-order valence-electron chi connectivity index (χ4n) is 1.53. The summed E-state index contributed by atoms with van der Waals surface area (Å²) >= 11 is 0. The van der Waals surface area contributed by atoms with E-state index in [0.29, 0.717) is 24.4 Å². The van der Waals surface area contributed by atoms with Crippen LogP contribution < -0.4 is 5.73 Å². The van der Waals surface area contributed by atoms with Gasteiger partial charge in [0.1, 0.15) is 0 Å². The first kappa shape index (κ1) is 9.98. The molecule has 1 fully saturated rings. The molecule has 0 aliphatic carbocycles. The average Bonchev–Trinajstić information content (AvgIpc) is 2.30. The molecule has 0 saturated carbocycles. The first-order chi connectivity index (χ1) is 7.27. The molecule has 2 rings (SSSR count). The van der Waals surface area contributed by atoms with Crippen LogP contribution in [0.5, 0.6) is 0 Å². The maximum absolute atomic E-state index is 11.9. The average molecular weight is 206 g/mol. The lowest BCUT2D eigenvalue weighted by atomic mass is 10.2. The zero-order valence-corrected chi connectivity index (χ0v) is 8.48. The minimum atomic E-state index is -0.0882. The van der Waals surface area contributed by atoms with Crippen LogP contribution in [0, 0.1) is 0 Å². The van der Waals surface area contributed by atoms with Crippen molar-refractivity contribution in [1.29, 1.82) is 0 Å². The normalized spacial score (nSPS) is 16.4. The summed E-state index contributed by atoms with van der Waals surface area (Å²) in [4.78, 5) is 17.1. The lowest BCUT2D eigenvalue weighted by molar-refractivity contribution is -0.144. The highest BCUT2D eigenvalue weighted by Gasteiger charge is 2.18. The molecule has 0 unspecified atom stereocenters. The predicted molar refractivity (Wildman–Crippen MR) is 57.1 cm³/mol. The summed E-state index contributed by atoms with van der Waals surface area (Å²) < 4.78 is 0. The first-order valence-corrected chi connectivity index (χ1v) is 5.08. The Hall–Kier alpha value is -1.55. The largest absolute Gasteiger partial charge is 0.399 e. The minimum Gasteiger partial charge on any atom is -0.399 e. The number of carbonyl (C=O) groups is 1. The molecule has 1 aromatic carbocycles. The Bertz CT molecular complexity index is 342. The number of carbonyl (C=O) groups excluding carboxylic acids is 1. The van der Waals surface area contributed by atoms with Gasteiger partial charge in [-0.2, -0.15) is 0 Å². The molecule has 1 aromatic rings. The topological polar surface area (TPSA) is 55.6 Å². The number of benzene rings is 1. The van der Waals surface area contributed by atoms with Crippen LogP contribution in [0.2, 0.25) is 0 Å². The smallest absolute Gasteiger partial charge is 0.277 e. The molecule has 0 atom stereocenters. The molecule has 0 radical (unpaired) electrons. The molecular formula is C11H14N2O2. The Morgan fingerprint density at radius 2 is 2.00 bits per heavy atom. The van der Waals surface area contributed by atoms with Crippen LogP contribution >= 0.6 is 0 Å². The quantitative estimate of drug-likeness (QED) is 0.707. The van der Waals surface area contributed by atoms with Gasteiger partial charge in [0, 0.05) is 17.8 Å². The van der Waals surface area contributed by atoms with E-state index in [1.807, 2.05) is 0 Å². The number of nitrogens with zero attached hydrogens (tertiary/aromatic N) is 1. The molecule has 15 heavy (non-hydrogen) atoms. The van der Waals surface area contributed by atoms with Crippen LogP contribution in [-0.4, -0.2) is 24.1 Å². The molecule has 0 aromatic heterocycles. The highest BCUT2D eigenvalue weighted by Crippen LogP contribution is 2.12. The van der Waals surface area contributed by atoms with Crippen molar-refractivity contribution in [3.8, 4) is 0 Å². The van der Waals surface area contributed by atoms with Crippen molar-refractivity contribution in [2.24, 2.45) is 0 Å². The lowest BCUT2D eigenvalue weighted by Crippen LogP contribution is -2.35. The first-order valence-electron chi connectivity index (χ1n) is 5.08. The lowest BCUT2D eigenvalue weighted by Gasteiger charge is -2.25. The van der Waals surface area contributed by atoms with Gasteiger partial charge in [0.15, 0.2) is 0 Å². The number of hydrogen-bond acceptors (Lipinski definition) is 3. The number of nitrogen functional groups attached to an aromatic ring is 1. The molecule has 4 nitrogen and oxygen atoms in total. The third-order valence-corrected chi connectivity index (χ3v) is 2.39. The molecule has 0 bridgehead atoms. The third kappa shape index (κ3) is 2.27. The number of hydroxylamine groups is 2. The maximum Gasteiger partial charge on any atom is 0.277 e. The Morgan fingerprint density at radius 3 is 2.60 bits per heavy atom. The molecule has 4 heteroatoms. The van der Waals surface area contributed by atoms with Crippen molar-refractivity contribution in [1.82, 2.24) is 5.06 Å². The highest BCUT2D eigenvalue weighted by atomic mass is 16.7. The van der Waals surface area contributed by atoms with E-state index < -0.39 is 0 Å². The van der Waals surface area contributed by atoms with Crippen LogP contribution in [-0.2, 0) is 4.84 Å². The van der Waals surface area contributed by atoms with E-state index >= 15 is 0 Å². The molecule has 1 heterocycles. The van der Waals surface area contributed by atoms with Crippen molar-refractivity contribution in [2.75, 3.05) is 18.9 Å². The Kier molecular flexibility index (Phi) is 2.87. The van der Waals surface area contributed by atoms with Gasteiger partial charge in [-0.1, -0.05) is 0 Å². The van der Waals surface area contributed by atoms with Crippen molar-refractivity contribution in [3.63, 3.8) is 0 Å². The summed E-state index contributed by atoms with van der Waals surface area (Å²) in [5.41, 5.74) is 6.82. The van der Waals surface area contributed by atoms with E-state index in [1.54, 1.807) is 24.3 Å². The van der Waals surface area contributed by atoms with E-state index in [0.717, 1.165) is 12.8 Å². The molecule has 1 aliphatic rings. The number of hydrogen-bond donors (Lipinski definition) is 1. The van der Waals surface area contributed by atoms with Gasteiger partial charge in [-0.3, -0.25) is 9.63 Å². The summed E-state index contributed by atoms with van der Waals surface area (Å²) in [6, 6.07) is 6.87. The van der Waals surface area contributed by atoms with Crippen molar-refractivity contribution in [2.45, 2.75) is 12.8 Å². The molecule has 80 valence electrons. The monoisotopic (exact) mass is 206 g/mol. The molecular weight excluding hydrogens is 192 g/mol. The molecule has 1 saturated heterocycles. The molecule has 1 amide bonds. The van der Waals surface area contributed by atoms with Crippen LogP contribution in [0.1, 0.15) is 23.2 Å². The fraction of sp³-hybridized carbons (Fsp3) is 0.364. The van der Waals surface area contributed by atoms with Gasteiger partial charge in [-0.25, -0.2) is 5.06 Å². The SMILES string of the molecule is Nc1ccc(C(=O)N2CCCCO2)cc1. The van der Waals surface area contributed by atoms with Crippen LogP contribution in [0.3, 0.4) is 0 Å². The zero-order chi connectivity index (χ0) is 10.7. The fourth-order valence-corrected chi connectivity index (χ4v) is 1.53. The van der Waals surface area contributed by atoms with Gasteiger partial charge < -0.3 is 5.73 Å². The summed E-state index contributed by atoms with van der Waals surface area (Å²) in [5.74, 6) is -0.0882. The second-order valence-corrected chi connectivity index (χ2v) is 3.57. The van der Waals surface area contributed by atoms with Crippen LogP contribution in [0.4, 0.5) is 5.69 Å². The standard InChI is InChI=1S/C11H14N2O2/c12-10-5-3-9(4-6-10)11(14)13-7-1-2-8-15-13/h3-6H,1-2,7-8,12H2. The van der Waals surface area contributed by atoms with Crippen LogP contribution in [0.25, 0.3) is 0 Å². The van der Waals surface area contributed by atoms with Gasteiger partial charge in [0.2, 0.25) is 0 Å². The molecule has 1 aliphatic heterocycles.